The molecular weight excluding hydrogens is 568 g/mol. The van der Waals surface area contributed by atoms with E-state index >= 15 is 0 Å². The van der Waals surface area contributed by atoms with E-state index in [2.05, 4.69) is 161 Å². The van der Waals surface area contributed by atoms with E-state index in [1.54, 1.807) is 0 Å². The molecule has 0 unspecified atom stereocenters. The quantitative estimate of drug-likeness (QED) is 0.191. The van der Waals surface area contributed by atoms with E-state index < -0.39 is 0 Å². The van der Waals surface area contributed by atoms with Gasteiger partial charge in [0.05, 0.1) is 22.1 Å². The van der Waals surface area contributed by atoms with Crippen LogP contribution in [0.25, 0.3) is 77.2 Å². The zero-order valence-corrected chi connectivity index (χ0v) is 25.4. The second kappa shape index (κ2) is 10.4. The molecule has 8 aromatic rings. The van der Waals surface area contributed by atoms with Crippen molar-refractivity contribution in [2.24, 2.45) is 0 Å². The highest BCUT2D eigenvalue weighted by molar-refractivity contribution is 6.31. The minimum atomic E-state index is 0.730. The molecule has 2 heterocycles. The van der Waals surface area contributed by atoms with Crippen molar-refractivity contribution in [2.45, 2.75) is 12.8 Å². The minimum absolute atomic E-state index is 0.730. The van der Waals surface area contributed by atoms with E-state index in [9.17, 15) is 0 Å². The molecule has 0 atom stereocenters. The van der Waals surface area contributed by atoms with Crippen LogP contribution < -0.4 is 0 Å². The first-order chi connectivity index (χ1) is 22.2. The zero-order chi connectivity index (χ0) is 29.9. The van der Waals surface area contributed by atoms with Crippen molar-refractivity contribution in [3.8, 4) is 27.9 Å². The molecule has 0 saturated carbocycles. The van der Waals surface area contributed by atoms with Crippen LogP contribution in [0.4, 0.5) is 0 Å². The average molecular weight is 597 g/mol. The lowest BCUT2D eigenvalue weighted by Gasteiger charge is -2.13. The Morgan fingerprint density at radius 3 is 2.02 bits per heavy atom. The molecule has 3 heteroatoms. The first kappa shape index (κ1) is 26.1. The number of fused-ring (bicyclic) bond motifs is 6. The number of hydrogen-bond donors (Lipinski definition) is 0. The van der Waals surface area contributed by atoms with Crippen molar-refractivity contribution in [1.82, 2.24) is 9.13 Å². The number of halogens is 1. The van der Waals surface area contributed by atoms with Gasteiger partial charge in [0.25, 0.3) is 0 Å². The van der Waals surface area contributed by atoms with Crippen LogP contribution in [0.15, 0.2) is 152 Å². The Morgan fingerprint density at radius 1 is 0.489 bits per heavy atom. The van der Waals surface area contributed by atoms with E-state index in [4.69, 9.17) is 11.6 Å². The molecule has 214 valence electrons. The minimum Gasteiger partial charge on any atom is -0.310 e. The average Bonchev–Trinajstić information content (AvgIpc) is 3.61. The predicted octanol–water partition coefficient (Wildman–Crippen LogP) is 12.1. The van der Waals surface area contributed by atoms with E-state index in [1.807, 2.05) is 0 Å². The number of hydrogen-bond acceptors (Lipinski definition) is 0. The molecule has 2 nitrogen and oxygen atoms in total. The van der Waals surface area contributed by atoms with Crippen LogP contribution >= 0.6 is 11.6 Å². The Balaban J connectivity index is 1.25. The number of nitrogens with zero attached hydrogens (tertiary/aromatic N) is 2. The number of aromatic nitrogens is 2. The topological polar surface area (TPSA) is 9.86 Å². The maximum atomic E-state index is 6.92. The number of benzene rings is 6. The highest BCUT2D eigenvalue weighted by Gasteiger charge is 2.18. The molecule has 0 aliphatic heterocycles. The van der Waals surface area contributed by atoms with Gasteiger partial charge >= 0.3 is 0 Å². The van der Waals surface area contributed by atoms with Crippen molar-refractivity contribution in [3.05, 3.63) is 157 Å². The molecule has 0 amide bonds. The first-order valence-electron chi connectivity index (χ1n) is 15.5. The van der Waals surface area contributed by atoms with Crippen LogP contribution in [0.2, 0.25) is 5.02 Å². The molecule has 1 aliphatic rings. The van der Waals surface area contributed by atoms with Gasteiger partial charge in [-0.05, 0) is 102 Å². The summed E-state index contributed by atoms with van der Waals surface area (Å²) < 4.78 is 4.76. The molecular formula is C42H29ClN2. The number of rotatable bonds is 4. The van der Waals surface area contributed by atoms with Gasteiger partial charge in [0.15, 0.2) is 0 Å². The standard InChI is InChI=1S/C42H29ClN2/c43-31-25-29(28-22-23-40-37(27-28)35-16-7-9-19-38(35)44(40)32-12-3-1-4-13-32)24-30(26-31)34-18-11-21-41-42(34)36-17-8-10-20-39(36)45(41)33-14-5-2-6-15-33/h1,3-5,7-27H,2,6H2. The van der Waals surface area contributed by atoms with Crippen molar-refractivity contribution in [3.63, 3.8) is 0 Å². The lowest BCUT2D eigenvalue weighted by atomic mass is 9.95. The molecule has 0 bridgehead atoms. The van der Waals surface area contributed by atoms with Crippen LogP contribution in [0, 0.1) is 0 Å². The zero-order valence-electron chi connectivity index (χ0n) is 24.6. The molecule has 0 N–H and O–H groups in total. The third kappa shape index (κ3) is 4.18. The highest BCUT2D eigenvalue weighted by atomic mass is 35.5. The fourth-order valence-corrected chi connectivity index (χ4v) is 7.46. The second-order valence-electron chi connectivity index (χ2n) is 11.8. The normalized spacial score (nSPS) is 13.3. The van der Waals surface area contributed by atoms with Crippen LogP contribution in [0.5, 0.6) is 0 Å². The molecule has 0 radical (unpaired) electrons. The lowest BCUT2D eigenvalue weighted by molar-refractivity contribution is 1.02. The molecule has 0 fully saturated rings. The van der Waals surface area contributed by atoms with Gasteiger partial charge in [-0.2, -0.15) is 0 Å². The van der Waals surface area contributed by atoms with Crippen LogP contribution in [-0.4, -0.2) is 9.13 Å². The van der Waals surface area contributed by atoms with Gasteiger partial charge in [0.1, 0.15) is 0 Å². The SMILES string of the molecule is Clc1cc(-c2ccc3c(c2)c2ccccc2n3-c2ccccc2)cc(-c2cccc3c2c2ccccc2n3C2=CCCC=C2)c1. The summed E-state index contributed by atoms with van der Waals surface area (Å²) in [6.45, 7) is 0. The molecule has 6 aromatic carbocycles. The molecule has 9 rings (SSSR count). The maximum Gasteiger partial charge on any atom is 0.0547 e. The van der Waals surface area contributed by atoms with Crippen LogP contribution in [0.1, 0.15) is 12.8 Å². The molecule has 0 spiro atoms. The van der Waals surface area contributed by atoms with Gasteiger partial charge in [-0.3, -0.25) is 0 Å². The summed E-state index contributed by atoms with van der Waals surface area (Å²) in [4.78, 5) is 0. The van der Waals surface area contributed by atoms with Crippen molar-refractivity contribution in [1.29, 1.82) is 0 Å². The van der Waals surface area contributed by atoms with E-state index in [-0.39, 0.29) is 0 Å². The summed E-state index contributed by atoms with van der Waals surface area (Å²) in [5.41, 5.74) is 11.8. The van der Waals surface area contributed by atoms with Crippen molar-refractivity contribution >= 4 is 60.9 Å². The Hall–Kier alpha value is -5.31. The third-order valence-electron chi connectivity index (χ3n) is 9.16. The largest absolute Gasteiger partial charge is 0.310 e. The summed E-state index contributed by atoms with van der Waals surface area (Å²) in [5, 5.41) is 5.70. The summed E-state index contributed by atoms with van der Waals surface area (Å²) in [7, 11) is 0. The molecule has 45 heavy (non-hydrogen) atoms. The molecule has 2 aromatic heterocycles. The van der Waals surface area contributed by atoms with Crippen molar-refractivity contribution < 1.29 is 0 Å². The fraction of sp³-hybridized carbons (Fsp3) is 0.0476. The highest BCUT2D eigenvalue weighted by Crippen LogP contribution is 2.41. The molecule has 1 aliphatic carbocycles. The Kier molecular flexibility index (Phi) is 6.04. The second-order valence-corrected chi connectivity index (χ2v) is 12.2. The maximum absolute atomic E-state index is 6.92. The van der Waals surface area contributed by atoms with Gasteiger partial charge in [-0.15, -0.1) is 0 Å². The van der Waals surface area contributed by atoms with Gasteiger partial charge in [0, 0.05) is 38.0 Å². The Morgan fingerprint density at radius 2 is 1.20 bits per heavy atom. The van der Waals surface area contributed by atoms with Crippen LogP contribution in [0.3, 0.4) is 0 Å². The van der Waals surface area contributed by atoms with Gasteiger partial charge in [-0.25, -0.2) is 0 Å². The summed E-state index contributed by atoms with van der Waals surface area (Å²) >= 11 is 6.92. The van der Waals surface area contributed by atoms with E-state index in [0.29, 0.717) is 0 Å². The van der Waals surface area contributed by atoms with E-state index in [0.717, 1.165) is 40.2 Å². The fourth-order valence-electron chi connectivity index (χ4n) is 7.22. The number of allylic oxidation sites excluding steroid dienone is 4. The summed E-state index contributed by atoms with van der Waals surface area (Å²) in [6.07, 6.45) is 9.03. The predicted molar refractivity (Wildman–Crippen MR) is 192 cm³/mol. The third-order valence-corrected chi connectivity index (χ3v) is 9.38. The van der Waals surface area contributed by atoms with Gasteiger partial charge in [-0.1, -0.05) is 96.5 Å². The number of para-hydroxylation sites is 3. The van der Waals surface area contributed by atoms with Gasteiger partial charge < -0.3 is 9.13 Å². The first-order valence-corrected chi connectivity index (χ1v) is 15.9. The summed E-state index contributed by atoms with van der Waals surface area (Å²) in [5.74, 6) is 0. The van der Waals surface area contributed by atoms with Crippen LogP contribution in [-0.2, 0) is 0 Å². The Bertz CT molecular complexity index is 2490. The van der Waals surface area contributed by atoms with Crippen molar-refractivity contribution in [2.75, 3.05) is 0 Å². The monoisotopic (exact) mass is 596 g/mol. The van der Waals surface area contributed by atoms with E-state index in [1.165, 1.54) is 54.9 Å². The molecule has 0 saturated heterocycles. The lowest BCUT2D eigenvalue weighted by Crippen LogP contribution is -1.96. The summed E-state index contributed by atoms with van der Waals surface area (Å²) in [6, 6.07) is 47.9. The smallest absolute Gasteiger partial charge is 0.0547 e. The van der Waals surface area contributed by atoms with Gasteiger partial charge in [0.2, 0.25) is 0 Å². The Labute approximate surface area is 266 Å².